The van der Waals surface area contributed by atoms with Crippen LogP contribution in [0.3, 0.4) is 0 Å². The molecular formula is C15H22O3. The SMILES string of the molecule is C[C@H]1CC[C@H]2COC(=O)[C@@H]2[C@H]2C(=O)C(C)(C)C[C@H]21. The number of hydrogen-bond acceptors (Lipinski definition) is 3. The van der Waals surface area contributed by atoms with Crippen molar-refractivity contribution in [3.63, 3.8) is 0 Å². The molecule has 0 aromatic heterocycles. The first kappa shape index (κ1) is 12.2. The zero-order valence-electron chi connectivity index (χ0n) is 11.4. The van der Waals surface area contributed by atoms with Crippen molar-refractivity contribution in [2.24, 2.45) is 35.0 Å². The van der Waals surface area contributed by atoms with Gasteiger partial charge in [0.05, 0.1) is 12.5 Å². The van der Waals surface area contributed by atoms with Crippen molar-refractivity contribution in [3.8, 4) is 0 Å². The molecule has 3 fully saturated rings. The maximum atomic E-state index is 12.6. The predicted octanol–water partition coefficient (Wildman–Crippen LogP) is 2.44. The Labute approximate surface area is 108 Å². The Kier molecular flexibility index (Phi) is 2.58. The van der Waals surface area contributed by atoms with Gasteiger partial charge in [-0.15, -0.1) is 0 Å². The number of esters is 1. The molecule has 0 unspecified atom stereocenters. The van der Waals surface area contributed by atoms with Gasteiger partial charge >= 0.3 is 5.97 Å². The summed E-state index contributed by atoms with van der Waals surface area (Å²) in [6.45, 7) is 6.85. The first-order chi connectivity index (χ1) is 8.42. The smallest absolute Gasteiger partial charge is 0.310 e. The molecule has 2 aliphatic carbocycles. The van der Waals surface area contributed by atoms with Crippen molar-refractivity contribution in [3.05, 3.63) is 0 Å². The highest BCUT2D eigenvalue weighted by atomic mass is 16.5. The van der Waals surface area contributed by atoms with E-state index < -0.39 is 0 Å². The van der Waals surface area contributed by atoms with E-state index in [4.69, 9.17) is 4.74 Å². The van der Waals surface area contributed by atoms with Crippen LogP contribution in [0.5, 0.6) is 0 Å². The van der Waals surface area contributed by atoms with E-state index in [1.54, 1.807) is 0 Å². The first-order valence-electron chi connectivity index (χ1n) is 7.13. The summed E-state index contributed by atoms with van der Waals surface area (Å²) < 4.78 is 5.22. The number of Topliss-reactive ketones (excluding diaryl/α,β-unsaturated/α-hetero) is 1. The fourth-order valence-electron chi connectivity index (χ4n) is 4.42. The second-order valence-electron chi connectivity index (χ2n) is 7.11. The highest BCUT2D eigenvalue weighted by Gasteiger charge is 2.58. The number of ketones is 1. The van der Waals surface area contributed by atoms with E-state index in [-0.39, 0.29) is 29.1 Å². The summed E-state index contributed by atoms with van der Waals surface area (Å²) in [7, 11) is 0. The predicted molar refractivity (Wildman–Crippen MR) is 66.7 cm³/mol. The van der Waals surface area contributed by atoms with Crippen LogP contribution in [-0.4, -0.2) is 18.4 Å². The molecule has 0 amide bonds. The third-order valence-electron chi connectivity index (χ3n) is 5.51. The molecule has 3 rings (SSSR count). The summed E-state index contributed by atoms with van der Waals surface area (Å²) >= 11 is 0. The standard InChI is InChI=1S/C15H22O3/c1-8-4-5-9-7-18-14(17)11(9)12-10(8)6-15(2,3)13(12)16/h8-12H,4-7H2,1-3H3/t8-,9-,10-,11-,12-/m0/s1. The molecule has 0 spiro atoms. The monoisotopic (exact) mass is 250 g/mol. The van der Waals surface area contributed by atoms with E-state index >= 15 is 0 Å². The molecule has 0 aromatic carbocycles. The number of rotatable bonds is 0. The van der Waals surface area contributed by atoms with Gasteiger partial charge in [0.1, 0.15) is 5.78 Å². The maximum absolute atomic E-state index is 12.6. The molecule has 1 aliphatic heterocycles. The molecule has 100 valence electrons. The van der Waals surface area contributed by atoms with Crippen molar-refractivity contribution < 1.29 is 14.3 Å². The van der Waals surface area contributed by atoms with Crippen LogP contribution in [0.2, 0.25) is 0 Å². The second kappa shape index (κ2) is 3.82. The summed E-state index contributed by atoms with van der Waals surface area (Å²) in [6.07, 6.45) is 3.11. The van der Waals surface area contributed by atoms with Gasteiger partial charge in [-0.2, -0.15) is 0 Å². The summed E-state index contributed by atoms with van der Waals surface area (Å²) in [4.78, 5) is 24.6. The van der Waals surface area contributed by atoms with E-state index in [0.29, 0.717) is 24.2 Å². The van der Waals surface area contributed by atoms with Crippen LogP contribution >= 0.6 is 0 Å². The fourth-order valence-corrected chi connectivity index (χ4v) is 4.42. The van der Waals surface area contributed by atoms with Crippen LogP contribution in [0.4, 0.5) is 0 Å². The highest BCUT2D eigenvalue weighted by molar-refractivity contribution is 5.93. The quantitative estimate of drug-likeness (QED) is 0.620. The van der Waals surface area contributed by atoms with Crippen LogP contribution in [0.15, 0.2) is 0 Å². The molecule has 1 heterocycles. The van der Waals surface area contributed by atoms with Crippen LogP contribution in [-0.2, 0) is 14.3 Å². The summed E-state index contributed by atoms with van der Waals surface area (Å²) in [5, 5.41) is 0. The molecule has 0 bridgehead atoms. The van der Waals surface area contributed by atoms with Gasteiger partial charge in [0.15, 0.2) is 0 Å². The van der Waals surface area contributed by atoms with Crippen molar-refractivity contribution in [2.45, 2.75) is 40.0 Å². The van der Waals surface area contributed by atoms with Gasteiger partial charge in [-0.3, -0.25) is 9.59 Å². The Morgan fingerprint density at radius 2 is 1.89 bits per heavy atom. The zero-order valence-corrected chi connectivity index (χ0v) is 11.4. The second-order valence-corrected chi connectivity index (χ2v) is 7.11. The number of fused-ring (bicyclic) bond motifs is 3. The number of hydrogen-bond donors (Lipinski definition) is 0. The van der Waals surface area contributed by atoms with Crippen molar-refractivity contribution in [1.29, 1.82) is 0 Å². The topological polar surface area (TPSA) is 43.4 Å². The van der Waals surface area contributed by atoms with E-state index in [0.717, 1.165) is 19.3 Å². The number of carbonyl (C=O) groups is 2. The molecule has 3 aliphatic rings. The molecule has 3 nitrogen and oxygen atoms in total. The van der Waals surface area contributed by atoms with Crippen LogP contribution in [0.1, 0.15) is 40.0 Å². The van der Waals surface area contributed by atoms with Crippen molar-refractivity contribution in [1.82, 2.24) is 0 Å². The molecule has 0 radical (unpaired) electrons. The minimum absolute atomic E-state index is 0.0718. The highest BCUT2D eigenvalue weighted by Crippen LogP contribution is 2.54. The lowest BCUT2D eigenvalue weighted by Crippen LogP contribution is -2.34. The lowest BCUT2D eigenvalue weighted by molar-refractivity contribution is -0.146. The lowest BCUT2D eigenvalue weighted by Gasteiger charge is -2.24. The van der Waals surface area contributed by atoms with E-state index in [9.17, 15) is 9.59 Å². The van der Waals surface area contributed by atoms with Gasteiger partial charge in [-0.05, 0) is 24.7 Å². The van der Waals surface area contributed by atoms with E-state index in [1.807, 2.05) is 13.8 Å². The third kappa shape index (κ3) is 1.55. The van der Waals surface area contributed by atoms with E-state index in [1.165, 1.54) is 0 Å². The lowest BCUT2D eigenvalue weighted by atomic mass is 9.76. The van der Waals surface area contributed by atoms with Crippen LogP contribution in [0.25, 0.3) is 0 Å². The van der Waals surface area contributed by atoms with E-state index in [2.05, 4.69) is 6.92 Å². The van der Waals surface area contributed by atoms with Crippen molar-refractivity contribution >= 4 is 11.8 Å². The summed E-state index contributed by atoms with van der Waals surface area (Å²) in [5.41, 5.74) is -0.256. The molecule has 18 heavy (non-hydrogen) atoms. The largest absolute Gasteiger partial charge is 0.465 e. The van der Waals surface area contributed by atoms with Crippen LogP contribution < -0.4 is 0 Å². The van der Waals surface area contributed by atoms with Crippen LogP contribution in [0, 0.1) is 35.0 Å². The summed E-state index contributed by atoms with van der Waals surface area (Å²) in [5.74, 6) is 1.19. The van der Waals surface area contributed by atoms with Crippen molar-refractivity contribution in [2.75, 3.05) is 6.61 Å². The Bertz CT molecular complexity index is 399. The van der Waals surface area contributed by atoms with Gasteiger partial charge in [0.25, 0.3) is 0 Å². The van der Waals surface area contributed by atoms with Gasteiger partial charge in [0, 0.05) is 17.3 Å². The fraction of sp³-hybridized carbons (Fsp3) is 0.867. The average Bonchev–Trinajstić information content (AvgIpc) is 2.71. The number of carbonyl (C=O) groups excluding carboxylic acids is 2. The maximum Gasteiger partial charge on any atom is 0.310 e. The average molecular weight is 250 g/mol. The van der Waals surface area contributed by atoms with Gasteiger partial charge < -0.3 is 4.74 Å². The number of ether oxygens (including phenoxy) is 1. The number of cyclic esters (lactones) is 1. The minimum atomic E-state index is -0.256. The first-order valence-corrected chi connectivity index (χ1v) is 7.13. The molecular weight excluding hydrogens is 228 g/mol. The molecule has 1 saturated heterocycles. The van der Waals surface area contributed by atoms with Gasteiger partial charge in [-0.25, -0.2) is 0 Å². The molecule has 3 heteroatoms. The Morgan fingerprint density at radius 3 is 2.61 bits per heavy atom. The molecule has 5 atom stereocenters. The normalized spacial score (nSPS) is 46.3. The summed E-state index contributed by atoms with van der Waals surface area (Å²) in [6, 6.07) is 0. The molecule has 2 saturated carbocycles. The Balaban J connectivity index is 2.01. The minimum Gasteiger partial charge on any atom is -0.465 e. The van der Waals surface area contributed by atoms with Gasteiger partial charge in [0.2, 0.25) is 0 Å². The van der Waals surface area contributed by atoms with Gasteiger partial charge in [-0.1, -0.05) is 27.2 Å². The third-order valence-corrected chi connectivity index (χ3v) is 5.51. The molecule has 0 aromatic rings. The Hall–Kier alpha value is -0.860. The molecule has 0 N–H and O–H groups in total. The zero-order chi connectivity index (χ0) is 13.1. The Morgan fingerprint density at radius 1 is 1.17 bits per heavy atom.